The summed E-state index contributed by atoms with van der Waals surface area (Å²) in [5.41, 5.74) is 3.89. The number of hydrogen-bond donors (Lipinski definition) is 2. The van der Waals surface area contributed by atoms with E-state index >= 15 is 0 Å². The Bertz CT molecular complexity index is 831. The summed E-state index contributed by atoms with van der Waals surface area (Å²) in [6.07, 6.45) is 0.0776. The van der Waals surface area contributed by atoms with E-state index in [1.165, 1.54) is 5.01 Å². The average molecular weight is 540 g/mol. The highest BCUT2D eigenvalue weighted by Gasteiger charge is 2.34. The Morgan fingerprint density at radius 3 is 2.17 bits per heavy atom. The molecule has 4 atom stereocenters. The molecule has 0 spiro atoms. The lowest BCUT2D eigenvalue weighted by atomic mass is 10.0. The van der Waals surface area contributed by atoms with Crippen LogP contribution in [-0.4, -0.2) is 83.4 Å². The summed E-state index contributed by atoms with van der Waals surface area (Å²) in [5, 5.41) is 4.21. The number of carbonyl (C=O) groups excluding carboxylic acids is 2. The number of nitrogens with zero attached hydrogens (tertiary/aromatic N) is 1. The van der Waals surface area contributed by atoms with E-state index in [0.717, 1.165) is 5.56 Å². The maximum atomic E-state index is 12.9. The van der Waals surface area contributed by atoms with E-state index < -0.39 is 28.3 Å². The van der Waals surface area contributed by atoms with Gasteiger partial charge in [0.05, 0.1) is 28.7 Å². The van der Waals surface area contributed by atoms with Crippen LogP contribution in [0.2, 0.25) is 39.3 Å². The molecule has 2 N–H and O–H groups in total. The number of benzene rings is 1. The smallest absolute Gasteiger partial charge is 0.333 e. The second kappa shape index (κ2) is 13.7. The second-order valence-electron chi connectivity index (χ2n) is 11.5. The lowest BCUT2D eigenvalue weighted by Gasteiger charge is -2.30. The molecule has 9 nitrogen and oxygen atoms in total. The van der Waals surface area contributed by atoms with Gasteiger partial charge in [0, 0.05) is 11.5 Å². The van der Waals surface area contributed by atoms with Gasteiger partial charge < -0.3 is 24.3 Å². The van der Waals surface area contributed by atoms with Gasteiger partial charge in [-0.2, -0.15) is 0 Å². The lowest BCUT2D eigenvalue weighted by molar-refractivity contribution is -0.150. The molecule has 0 aromatic heterocycles. The van der Waals surface area contributed by atoms with Crippen LogP contribution < -0.4 is 10.7 Å². The van der Waals surface area contributed by atoms with E-state index in [-0.39, 0.29) is 50.1 Å². The van der Waals surface area contributed by atoms with Gasteiger partial charge in [-0.1, -0.05) is 69.6 Å². The van der Waals surface area contributed by atoms with Crippen molar-refractivity contribution >= 4 is 28.1 Å². The Labute approximate surface area is 218 Å². The van der Waals surface area contributed by atoms with Crippen molar-refractivity contribution < 1.29 is 28.5 Å². The molecule has 0 bridgehead atoms. The van der Waals surface area contributed by atoms with Gasteiger partial charge in [-0.05, 0) is 25.8 Å². The predicted octanol–water partition coefficient (Wildman–Crippen LogP) is 3.54. The predicted molar refractivity (Wildman–Crippen MR) is 146 cm³/mol. The van der Waals surface area contributed by atoms with E-state index in [9.17, 15) is 9.59 Å². The Morgan fingerprint density at radius 1 is 1.00 bits per heavy atom. The summed E-state index contributed by atoms with van der Waals surface area (Å²) in [6, 6.07) is 9.06. The van der Waals surface area contributed by atoms with Gasteiger partial charge >= 0.3 is 6.03 Å². The number of ether oxygens (including phenoxy) is 4. The van der Waals surface area contributed by atoms with Crippen molar-refractivity contribution in [3.8, 4) is 0 Å². The Kier molecular flexibility index (Phi) is 11.6. The molecule has 0 aliphatic carbocycles. The van der Waals surface area contributed by atoms with E-state index in [0.29, 0.717) is 6.42 Å². The maximum Gasteiger partial charge on any atom is 0.333 e. The van der Waals surface area contributed by atoms with Crippen LogP contribution in [0.3, 0.4) is 0 Å². The van der Waals surface area contributed by atoms with E-state index in [2.05, 4.69) is 56.9 Å². The number of hydrogen-bond acceptors (Lipinski definition) is 6. The third-order valence-electron chi connectivity index (χ3n) is 6.63. The lowest BCUT2D eigenvalue weighted by Crippen LogP contribution is -2.50. The van der Waals surface area contributed by atoms with Crippen LogP contribution in [0, 0.1) is 0 Å². The van der Waals surface area contributed by atoms with Crippen molar-refractivity contribution in [2.45, 2.75) is 83.2 Å². The molecular formula is C25H45N3O6Si2. The Hall–Kier alpha value is -1.77. The zero-order valence-electron chi connectivity index (χ0n) is 23.1. The molecule has 1 heterocycles. The maximum absolute atomic E-state index is 12.9. The molecule has 1 aliphatic heterocycles. The minimum absolute atomic E-state index is 0.0240. The van der Waals surface area contributed by atoms with Crippen LogP contribution in [0.5, 0.6) is 0 Å². The van der Waals surface area contributed by atoms with Crippen molar-refractivity contribution in [3.05, 3.63) is 35.9 Å². The van der Waals surface area contributed by atoms with Crippen molar-refractivity contribution in [3.63, 3.8) is 0 Å². The van der Waals surface area contributed by atoms with E-state index in [4.69, 9.17) is 18.9 Å². The van der Waals surface area contributed by atoms with Gasteiger partial charge in [-0.15, -0.1) is 0 Å². The summed E-state index contributed by atoms with van der Waals surface area (Å²) in [6.45, 7) is 17.5. The molecule has 0 radical (unpaired) electrons. The monoisotopic (exact) mass is 539 g/mol. The molecule has 2 unspecified atom stereocenters. The second-order valence-corrected chi connectivity index (χ2v) is 22.6. The number of amides is 3. The quantitative estimate of drug-likeness (QED) is 0.226. The molecule has 3 amide bonds. The SMILES string of the molecule is CC(OCOCC(=O)N1C[C@@H](OCOC(C)[Si](C)(C)C)[C@@H](Cc2ccccc2)NC(=O)N1)[Si](C)(C)C. The summed E-state index contributed by atoms with van der Waals surface area (Å²) in [5.74, 6) is -0.375. The molecule has 36 heavy (non-hydrogen) atoms. The third kappa shape index (κ3) is 10.3. The zero-order valence-corrected chi connectivity index (χ0v) is 25.1. The average Bonchev–Trinajstić information content (AvgIpc) is 2.94. The molecule has 1 aromatic carbocycles. The highest BCUT2D eigenvalue weighted by Crippen LogP contribution is 2.15. The minimum Gasteiger partial charge on any atom is -0.356 e. The van der Waals surface area contributed by atoms with Gasteiger partial charge in [-0.25, -0.2) is 15.2 Å². The highest BCUT2D eigenvalue weighted by molar-refractivity contribution is 6.77. The third-order valence-corrected chi connectivity index (χ3v) is 11.8. The first-order valence-electron chi connectivity index (χ1n) is 12.6. The summed E-state index contributed by atoms with van der Waals surface area (Å²) < 4.78 is 23.3. The van der Waals surface area contributed by atoms with Gasteiger partial charge in [0.1, 0.15) is 26.3 Å². The Balaban J connectivity index is 2.03. The fourth-order valence-corrected chi connectivity index (χ4v) is 4.37. The van der Waals surface area contributed by atoms with Crippen LogP contribution >= 0.6 is 0 Å². The van der Waals surface area contributed by atoms with Crippen molar-refractivity contribution in [2.75, 3.05) is 26.7 Å². The molecule has 1 aliphatic rings. The highest BCUT2D eigenvalue weighted by atomic mass is 28.3. The van der Waals surface area contributed by atoms with E-state index in [1.54, 1.807) is 0 Å². The van der Waals surface area contributed by atoms with E-state index in [1.807, 2.05) is 37.3 Å². The summed E-state index contributed by atoms with van der Waals surface area (Å²) >= 11 is 0. The molecule has 204 valence electrons. The molecule has 0 saturated carbocycles. The number of hydrazine groups is 1. The summed E-state index contributed by atoms with van der Waals surface area (Å²) in [7, 11) is -2.95. The van der Waals surface area contributed by atoms with Gasteiger partial charge in [-0.3, -0.25) is 4.79 Å². The first kappa shape index (κ1) is 30.5. The molecule has 11 heteroatoms. The minimum atomic E-state index is -1.49. The van der Waals surface area contributed by atoms with Crippen LogP contribution in [0.1, 0.15) is 19.4 Å². The van der Waals surface area contributed by atoms with Gasteiger partial charge in [0.25, 0.3) is 5.91 Å². The number of nitrogens with one attached hydrogen (secondary N) is 2. The molecular weight excluding hydrogens is 494 g/mol. The zero-order chi connectivity index (χ0) is 26.9. The molecule has 1 aromatic rings. The van der Waals surface area contributed by atoms with Crippen LogP contribution in [0.4, 0.5) is 4.79 Å². The fourth-order valence-electron chi connectivity index (χ4n) is 3.24. The Morgan fingerprint density at radius 2 is 1.58 bits per heavy atom. The molecule has 1 saturated heterocycles. The first-order chi connectivity index (χ1) is 16.8. The van der Waals surface area contributed by atoms with Crippen molar-refractivity contribution in [1.82, 2.24) is 15.8 Å². The topological polar surface area (TPSA) is 98.4 Å². The van der Waals surface area contributed by atoms with Crippen molar-refractivity contribution in [2.24, 2.45) is 0 Å². The first-order valence-corrected chi connectivity index (χ1v) is 19.8. The number of rotatable bonds is 13. The fraction of sp³-hybridized carbons (Fsp3) is 0.680. The normalized spacial score (nSPS) is 20.8. The largest absolute Gasteiger partial charge is 0.356 e. The van der Waals surface area contributed by atoms with Crippen molar-refractivity contribution in [1.29, 1.82) is 0 Å². The molecule has 2 rings (SSSR count). The number of urea groups is 1. The van der Waals surface area contributed by atoms with Crippen LogP contribution in [0.25, 0.3) is 0 Å². The van der Waals surface area contributed by atoms with Gasteiger partial charge in [0.15, 0.2) is 0 Å². The van der Waals surface area contributed by atoms with Crippen LogP contribution in [0.15, 0.2) is 30.3 Å². The van der Waals surface area contributed by atoms with Crippen LogP contribution in [-0.2, 0) is 30.2 Å². The van der Waals surface area contributed by atoms with Gasteiger partial charge in [0.2, 0.25) is 0 Å². The summed E-state index contributed by atoms with van der Waals surface area (Å²) in [4.78, 5) is 25.5. The number of carbonyl (C=O) groups is 2. The molecule has 1 fully saturated rings. The standard InChI is InChI=1S/C25H45N3O6Si2/c1-19(35(3,4)5)32-17-31-16-24(29)28-15-23(34-18-33-20(2)36(6,7)8)22(26-25(30)27-28)14-21-12-10-9-11-13-21/h9-13,19-20,22-23H,14-18H2,1-8H3,(H2,26,27,30)/t19?,20?,22-,23-/m1/s1.